The van der Waals surface area contributed by atoms with Crippen LogP contribution in [0.4, 0.5) is 0 Å². The molecule has 0 aliphatic heterocycles. The van der Waals surface area contributed by atoms with E-state index in [9.17, 15) is 0 Å². The van der Waals surface area contributed by atoms with Crippen LogP contribution in [0.25, 0.3) is 0 Å². The Morgan fingerprint density at radius 1 is 1.15 bits per heavy atom. The van der Waals surface area contributed by atoms with Crippen LogP contribution in [0.3, 0.4) is 0 Å². The molecule has 0 amide bonds. The van der Waals surface area contributed by atoms with Gasteiger partial charge in [-0.3, -0.25) is 0 Å². The van der Waals surface area contributed by atoms with Crippen LogP contribution in [0.2, 0.25) is 0 Å². The Bertz CT molecular complexity index is 727. The standard InChI is InChI=1S/C18H25N.C6H4BN/c1-2-3-4-5-15-6-10-17(11-7-15)18-12-8-16(14-19)9-13-18;1-6(7)4-2-3-5-8/h8-9,12-13,15,17H,2-7,10-11H2,1H3;1,8H2. The molecule has 1 aromatic rings. The van der Waals surface area contributed by atoms with E-state index in [1.807, 2.05) is 12.1 Å². The van der Waals surface area contributed by atoms with Gasteiger partial charge in [0.1, 0.15) is 7.85 Å². The van der Waals surface area contributed by atoms with Crippen molar-refractivity contribution in [3.05, 3.63) is 47.4 Å². The van der Waals surface area contributed by atoms with Crippen molar-refractivity contribution in [2.24, 2.45) is 11.7 Å². The summed E-state index contributed by atoms with van der Waals surface area (Å²) in [5.41, 5.74) is 7.29. The van der Waals surface area contributed by atoms with Crippen LogP contribution in [0, 0.1) is 41.1 Å². The average molecular weight is 356 g/mol. The molecule has 0 bridgehead atoms. The molecule has 1 aliphatic rings. The van der Waals surface area contributed by atoms with Gasteiger partial charge in [-0.25, -0.2) is 0 Å². The van der Waals surface area contributed by atoms with E-state index in [1.165, 1.54) is 56.9 Å². The van der Waals surface area contributed by atoms with Gasteiger partial charge in [0.15, 0.2) is 0 Å². The van der Waals surface area contributed by atoms with Crippen molar-refractivity contribution in [1.29, 1.82) is 5.26 Å². The number of unbranched alkanes of at least 4 members (excludes halogenated alkanes) is 2. The molecule has 0 atom stereocenters. The molecule has 1 aromatic carbocycles. The van der Waals surface area contributed by atoms with Gasteiger partial charge in [0.25, 0.3) is 0 Å². The molecule has 27 heavy (non-hydrogen) atoms. The number of nitriles is 1. The topological polar surface area (TPSA) is 49.8 Å². The van der Waals surface area contributed by atoms with Crippen LogP contribution >= 0.6 is 0 Å². The van der Waals surface area contributed by atoms with Gasteiger partial charge in [0.05, 0.1) is 11.6 Å². The number of rotatable bonds is 5. The monoisotopic (exact) mass is 356 g/mol. The van der Waals surface area contributed by atoms with Gasteiger partial charge in [-0.2, -0.15) is 5.26 Å². The molecule has 1 fully saturated rings. The fourth-order valence-corrected chi connectivity index (χ4v) is 3.44. The predicted molar refractivity (Wildman–Crippen MR) is 115 cm³/mol. The summed E-state index contributed by atoms with van der Waals surface area (Å²) in [4.78, 5) is 0. The highest BCUT2D eigenvalue weighted by Gasteiger charge is 2.21. The smallest absolute Gasteiger partial charge is 0.125 e. The number of nitrogens with zero attached hydrogens (tertiary/aromatic N) is 1. The second-order valence-electron chi connectivity index (χ2n) is 6.99. The van der Waals surface area contributed by atoms with E-state index < -0.39 is 0 Å². The Morgan fingerprint density at radius 3 is 2.33 bits per heavy atom. The third-order valence-electron chi connectivity index (χ3n) is 4.93. The molecule has 138 valence electrons. The maximum absolute atomic E-state index is 8.83. The number of benzene rings is 1. The van der Waals surface area contributed by atoms with Crippen molar-refractivity contribution in [3.8, 4) is 29.9 Å². The van der Waals surface area contributed by atoms with Crippen molar-refractivity contribution in [1.82, 2.24) is 0 Å². The molecule has 0 unspecified atom stereocenters. The zero-order chi connectivity index (χ0) is 19.9. The van der Waals surface area contributed by atoms with Crippen LogP contribution in [-0.4, -0.2) is 7.85 Å². The Balaban J connectivity index is 0.000000387. The second-order valence-corrected chi connectivity index (χ2v) is 6.99. The van der Waals surface area contributed by atoms with Crippen LogP contribution in [-0.2, 0) is 0 Å². The van der Waals surface area contributed by atoms with Gasteiger partial charge in [-0.15, -0.1) is 0 Å². The molecule has 2 nitrogen and oxygen atoms in total. The van der Waals surface area contributed by atoms with Crippen molar-refractivity contribution in [3.63, 3.8) is 0 Å². The van der Waals surface area contributed by atoms with Crippen LogP contribution < -0.4 is 5.73 Å². The minimum Gasteiger partial charge on any atom is -0.359 e. The van der Waals surface area contributed by atoms with Gasteiger partial charge < -0.3 is 5.73 Å². The first kappa shape index (κ1) is 22.5. The van der Waals surface area contributed by atoms with Crippen LogP contribution in [0.15, 0.2) is 36.3 Å². The second kappa shape index (κ2) is 13.6. The quantitative estimate of drug-likeness (QED) is 0.349. The fourth-order valence-electron chi connectivity index (χ4n) is 3.44. The zero-order valence-electron chi connectivity index (χ0n) is 16.4. The van der Waals surface area contributed by atoms with Crippen LogP contribution in [0.1, 0.15) is 75.3 Å². The summed E-state index contributed by atoms with van der Waals surface area (Å²) in [6, 6.07) is 12.5. The van der Waals surface area contributed by atoms with Crippen molar-refractivity contribution in [2.75, 3.05) is 0 Å². The van der Waals surface area contributed by atoms with Gasteiger partial charge in [0.2, 0.25) is 0 Å². The fraction of sp³-hybridized carbons (Fsp3) is 0.458. The summed E-state index contributed by atoms with van der Waals surface area (Å²) in [5, 5.41) is 8.83. The first-order chi connectivity index (χ1) is 13.1. The summed E-state index contributed by atoms with van der Waals surface area (Å²) < 4.78 is 0. The lowest BCUT2D eigenvalue weighted by atomic mass is 9.77. The summed E-state index contributed by atoms with van der Waals surface area (Å²) in [6.45, 7) is 5.60. The molecule has 3 heteroatoms. The Labute approximate surface area is 166 Å². The van der Waals surface area contributed by atoms with E-state index in [0.29, 0.717) is 5.47 Å². The molecule has 0 aromatic heterocycles. The molecular weight excluding hydrogens is 327 g/mol. The molecule has 2 radical (unpaired) electrons. The number of hydrogen-bond acceptors (Lipinski definition) is 2. The number of allylic oxidation sites excluding steroid dienone is 1. The minimum atomic E-state index is 0.299. The summed E-state index contributed by atoms with van der Waals surface area (Å²) in [7, 11) is 5.06. The van der Waals surface area contributed by atoms with Gasteiger partial charge >= 0.3 is 0 Å². The van der Waals surface area contributed by atoms with E-state index in [1.54, 1.807) is 0 Å². The summed E-state index contributed by atoms with van der Waals surface area (Å²) in [6.07, 6.45) is 11.1. The molecule has 2 N–H and O–H groups in total. The average Bonchev–Trinajstić information content (AvgIpc) is 2.69. The molecule has 0 heterocycles. The predicted octanol–water partition coefficient (Wildman–Crippen LogP) is 5.00. The lowest BCUT2D eigenvalue weighted by Gasteiger charge is -2.28. The lowest BCUT2D eigenvalue weighted by molar-refractivity contribution is 0.303. The molecule has 0 spiro atoms. The largest absolute Gasteiger partial charge is 0.359 e. The molecular formula is C24H29BN2. The number of nitrogens with two attached hydrogens (primary N) is 1. The van der Waals surface area contributed by atoms with E-state index in [0.717, 1.165) is 17.4 Å². The van der Waals surface area contributed by atoms with Crippen LogP contribution in [0.5, 0.6) is 0 Å². The van der Waals surface area contributed by atoms with Crippen molar-refractivity contribution >= 4 is 7.85 Å². The van der Waals surface area contributed by atoms with E-state index in [-0.39, 0.29) is 0 Å². The highest BCUT2D eigenvalue weighted by molar-refractivity contribution is 6.24. The minimum absolute atomic E-state index is 0.299. The highest BCUT2D eigenvalue weighted by atomic mass is 14.4. The first-order valence-electron chi connectivity index (χ1n) is 9.76. The van der Waals surface area contributed by atoms with E-state index in [2.05, 4.69) is 55.5 Å². The zero-order valence-corrected chi connectivity index (χ0v) is 16.4. The first-order valence-corrected chi connectivity index (χ1v) is 9.76. The highest BCUT2D eigenvalue weighted by Crippen LogP contribution is 2.37. The molecule has 0 saturated heterocycles. The van der Waals surface area contributed by atoms with Crippen molar-refractivity contribution in [2.45, 2.75) is 64.2 Å². The maximum atomic E-state index is 8.83. The summed E-state index contributed by atoms with van der Waals surface area (Å²) in [5.74, 6) is 8.81. The molecule has 1 saturated carbocycles. The Kier molecular flexibility index (Phi) is 11.3. The third kappa shape index (κ3) is 9.63. The van der Waals surface area contributed by atoms with Crippen molar-refractivity contribution < 1.29 is 0 Å². The Morgan fingerprint density at radius 2 is 1.81 bits per heavy atom. The Hall–Kier alpha value is -2.57. The molecule has 2 rings (SSSR count). The molecule has 1 aliphatic carbocycles. The van der Waals surface area contributed by atoms with E-state index >= 15 is 0 Å². The summed E-state index contributed by atoms with van der Waals surface area (Å²) >= 11 is 0. The maximum Gasteiger partial charge on any atom is 0.125 e. The lowest BCUT2D eigenvalue weighted by Crippen LogP contribution is -2.13. The van der Waals surface area contributed by atoms with E-state index in [4.69, 9.17) is 18.8 Å². The third-order valence-corrected chi connectivity index (χ3v) is 4.93. The van der Waals surface area contributed by atoms with Gasteiger partial charge in [0, 0.05) is 12.0 Å². The normalized spacial score (nSPS) is 17.6. The number of hydrogen-bond donors (Lipinski definition) is 1. The SMILES string of the molecule is CCCCCC1CCC(c2ccc(C#N)cc2)CC1.[B]C(=C)C#CC#CN. The van der Waals surface area contributed by atoms with Gasteiger partial charge in [-0.05, 0) is 61.1 Å². The van der Waals surface area contributed by atoms with Gasteiger partial charge in [-0.1, -0.05) is 62.7 Å².